The van der Waals surface area contributed by atoms with Gasteiger partial charge in [0.25, 0.3) is 5.91 Å². The first-order valence-corrected chi connectivity index (χ1v) is 8.79. The number of fused-ring (bicyclic) bond motifs is 1. The molecule has 1 N–H and O–H groups in total. The molecule has 0 radical (unpaired) electrons. The van der Waals surface area contributed by atoms with Crippen LogP contribution in [0.3, 0.4) is 0 Å². The molecule has 0 saturated heterocycles. The smallest absolute Gasteiger partial charge is 0.261 e. The van der Waals surface area contributed by atoms with Crippen LogP contribution in [0.25, 0.3) is 0 Å². The lowest BCUT2D eigenvalue weighted by Crippen LogP contribution is -2.37. The van der Waals surface area contributed by atoms with Crippen LogP contribution in [0.4, 0.5) is 0 Å². The molecule has 3 rings (SSSR count). The van der Waals surface area contributed by atoms with Crippen molar-refractivity contribution in [3.63, 3.8) is 0 Å². The number of carbonyl (C=O) groups excluding carboxylic acids is 1. The fourth-order valence-electron chi connectivity index (χ4n) is 3.19. The van der Waals surface area contributed by atoms with Gasteiger partial charge in [-0.2, -0.15) is 0 Å². The molecular weight excluding hydrogens is 314 g/mol. The van der Waals surface area contributed by atoms with Crippen molar-refractivity contribution >= 4 is 5.91 Å². The van der Waals surface area contributed by atoms with Gasteiger partial charge >= 0.3 is 0 Å². The first-order valence-electron chi connectivity index (χ1n) is 8.79. The summed E-state index contributed by atoms with van der Waals surface area (Å²) in [5.74, 6) is 1.28. The monoisotopic (exact) mass is 339 g/mol. The Labute approximate surface area is 149 Å². The Bertz CT molecular complexity index is 739. The Morgan fingerprint density at radius 3 is 2.40 bits per heavy atom. The van der Waals surface area contributed by atoms with Gasteiger partial charge in [-0.1, -0.05) is 18.2 Å². The van der Waals surface area contributed by atoms with Crippen molar-refractivity contribution in [2.45, 2.75) is 45.3 Å². The average Bonchev–Trinajstić information content (AvgIpc) is 3.09. The summed E-state index contributed by atoms with van der Waals surface area (Å²) in [6, 6.07) is 13.7. The van der Waals surface area contributed by atoms with Gasteiger partial charge in [0.15, 0.2) is 6.10 Å². The Balaban J connectivity index is 1.58. The normalized spacial score (nSPS) is 15.2. The molecule has 0 spiro atoms. The largest absolute Gasteiger partial charge is 0.497 e. The van der Waals surface area contributed by atoms with Gasteiger partial charge in [-0.05, 0) is 74.1 Å². The fraction of sp³-hybridized carbons (Fsp3) is 0.381. The van der Waals surface area contributed by atoms with E-state index in [1.165, 1.54) is 24.0 Å². The molecule has 2 aromatic rings. The molecule has 0 saturated carbocycles. The molecule has 1 amide bonds. The van der Waals surface area contributed by atoms with Crippen LogP contribution in [-0.4, -0.2) is 19.1 Å². The third-order valence-corrected chi connectivity index (χ3v) is 4.72. The van der Waals surface area contributed by atoms with Crippen LogP contribution in [0.15, 0.2) is 42.5 Å². The van der Waals surface area contributed by atoms with Crippen LogP contribution in [0.2, 0.25) is 0 Å². The van der Waals surface area contributed by atoms with Crippen molar-refractivity contribution in [2.24, 2.45) is 0 Å². The number of carbonyl (C=O) groups is 1. The quantitative estimate of drug-likeness (QED) is 0.870. The van der Waals surface area contributed by atoms with E-state index in [2.05, 4.69) is 23.5 Å². The van der Waals surface area contributed by atoms with Crippen molar-refractivity contribution < 1.29 is 14.3 Å². The lowest BCUT2D eigenvalue weighted by atomic mass is 10.0. The van der Waals surface area contributed by atoms with Gasteiger partial charge in [-0.15, -0.1) is 0 Å². The van der Waals surface area contributed by atoms with E-state index in [0.29, 0.717) is 5.75 Å². The topological polar surface area (TPSA) is 47.6 Å². The maximum atomic E-state index is 12.4. The lowest BCUT2D eigenvalue weighted by Gasteiger charge is -2.19. The molecule has 0 aromatic heterocycles. The van der Waals surface area contributed by atoms with Crippen molar-refractivity contribution in [3.05, 3.63) is 59.2 Å². The molecule has 4 nitrogen and oxygen atoms in total. The van der Waals surface area contributed by atoms with Crippen LogP contribution < -0.4 is 14.8 Å². The molecule has 1 aliphatic carbocycles. The Hall–Kier alpha value is -2.49. The Kier molecular flexibility index (Phi) is 5.27. The van der Waals surface area contributed by atoms with Gasteiger partial charge in [0.2, 0.25) is 0 Å². The summed E-state index contributed by atoms with van der Waals surface area (Å²) in [6.07, 6.45) is 2.97. The Morgan fingerprint density at radius 2 is 1.68 bits per heavy atom. The summed E-state index contributed by atoms with van der Waals surface area (Å²) in [6.45, 7) is 3.77. The number of amides is 1. The molecule has 0 unspecified atom stereocenters. The number of benzene rings is 2. The zero-order chi connectivity index (χ0) is 17.8. The van der Waals surface area contributed by atoms with E-state index < -0.39 is 6.10 Å². The molecule has 132 valence electrons. The highest BCUT2D eigenvalue weighted by Crippen LogP contribution is 2.25. The molecule has 25 heavy (non-hydrogen) atoms. The SMILES string of the molecule is COc1ccc(O[C@@H](C)C(=O)N[C@@H](C)c2ccc3c(c2)CCC3)cc1. The summed E-state index contributed by atoms with van der Waals surface area (Å²) < 4.78 is 10.8. The molecule has 1 aliphatic rings. The summed E-state index contributed by atoms with van der Waals surface area (Å²) in [7, 11) is 1.62. The number of rotatable bonds is 6. The van der Waals surface area contributed by atoms with Crippen molar-refractivity contribution in [1.29, 1.82) is 0 Å². The molecule has 0 bridgehead atoms. The van der Waals surface area contributed by atoms with Crippen LogP contribution in [0, 0.1) is 0 Å². The van der Waals surface area contributed by atoms with Gasteiger partial charge in [0.05, 0.1) is 13.2 Å². The van der Waals surface area contributed by atoms with E-state index in [1.54, 1.807) is 26.2 Å². The van der Waals surface area contributed by atoms with E-state index in [9.17, 15) is 4.79 Å². The van der Waals surface area contributed by atoms with Gasteiger partial charge in [-0.25, -0.2) is 0 Å². The predicted molar refractivity (Wildman–Crippen MR) is 98.1 cm³/mol. The lowest BCUT2D eigenvalue weighted by molar-refractivity contribution is -0.127. The number of nitrogens with one attached hydrogen (secondary N) is 1. The van der Waals surface area contributed by atoms with Gasteiger partial charge in [0.1, 0.15) is 11.5 Å². The second kappa shape index (κ2) is 7.60. The second-order valence-corrected chi connectivity index (χ2v) is 6.55. The summed E-state index contributed by atoms with van der Waals surface area (Å²) in [4.78, 5) is 12.4. The molecule has 2 aromatic carbocycles. The number of ether oxygens (including phenoxy) is 2. The van der Waals surface area contributed by atoms with E-state index in [0.717, 1.165) is 17.7 Å². The Morgan fingerprint density at radius 1 is 1.00 bits per heavy atom. The van der Waals surface area contributed by atoms with Gasteiger partial charge < -0.3 is 14.8 Å². The van der Waals surface area contributed by atoms with E-state index >= 15 is 0 Å². The van der Waals surface area contributed by atoms with Crippen LogP contribution in [0.1, 0.15) is 43.0 Å². The highest BCUT2D eigenvalue weighted by molar-refractivity contribution is 5.81. The number of hydrogen-bond donors (Lipinski definition) is 1. The third kappa shape index (κ3) is 4.13. The standard InChI is InChI=1S/C21H25NO3/c1-14(17-8-7-16-5-4-6-18(16)13-17)22-21(23)15(2)25-20-11-9-19(24-3)10-12-20/h7-15H,4-6H2,1-3H3,(H,22,23)/t14-,15-/m0/s1. The molecule has 4 heteroatoms. The third-order valence-electron chi connectivity index (χ3n) is 4.72. The van der Waals surface area contributed by atoms with Crippen molar-refractivity contribution in [3.8, 4) is 11.5 Å². The van der Waals surface area contributed by atoms with E-state index in [1.807, 2.05) is 19.1 Å². The van der Waals surface area contributed by atoms with Crippen molar-refractivity contribution in [1.82, 2.24) is 5.32 Å². The molecule has 0 fully saturated rings. The maximum Gasteiger partial charge on any atom is 0.261 e. The summed E-state index contributed by atoms with van der Waals surface area (Å²) in [5, 5.41) is 3.04. The number of hydrogen-bond acceptors (Lipinski definition) is 3. The van der Waals surface area contributed by atoms with Crippen LogP contribution in [0.5, 0.6) is 11.5 Å². The average molecular weight is 339 g/mol. The molecule has 2 atom stereocenters. The number of aryl methyl sites for hydroxylation is 2. The molecule has 0 heterocycles. The highest BCUT2D eigenvalue weighted by Gasteiger charge is 2.19. The second-order valence-electron chi connectivity index (χ2n) is 6.55. The van der Waals surface area contributed by atoms with Crippen LogP contribution >= 0.6 is 0 Å². The van der Waals surface area contributed by atoms with Gasteiger partial charge in [0, 0.05) is 0 Å². The number of methoxy groups -OCH3 is 1. The predicted octanol–water partition coefficient (Wildman–Crippen LogP) is 3.83. The maximum absolute atomic E-state index is 12.4. The van der Waals surface area contributed by atoms with E-state index in [-0.39, 0.29) is 11.9 Å². The first kappa shape index (κ1) is 17.3. The van der Waals surface area contributed by atoms with E-state index in [4.69, 9.17) is 9.47 Å². The molecule has 0 aliphatic heterocycles. The zero-order valence-corrected chi connectivity index (χ0v) is 15.0. The van der Waals surface area contributed by atoms with Crippen LogP contribution in [-0.2, 0) is 17.6 Å². The minimum absolute atomic E-state index is 0.0414. The fourth-order valence-corrected chi connectivity index (χ4v) is 3.19. The van der Waals surface area contributed by atoms with Crippen molar-refractivity contribution in [2.75, 3.05) is 7.11 Å². The minimum atomic E-state index is -0.565. The summed E-state index contributed by atoms with van der Waals surface area (Å²) >= 11 is 0. The zero-order valence-electron chi connectivity index (χ0n) is 15.0. The highest BCUT2D eigenvalue weighted by atomic mass is 16.5. The van der Waals surface area contributed by atoms with Gasteiger partial charge in [-0.3, -0.25) is 4.79 Å². The minimum Gasteiger partial charge on any atom is -0.497 e. The summed E-state index contributed by atoms with van der Waals surface area (Å²) in [5.41, 5.74) is 4.00. The first-order chi connectivity index (χ1) is 12.1. The molecular formula is C21H25NO3.